The Morgan fingerprint density at radius 1 is 1.44 bits per heavy atom. The van der Waals surface area contributed by atoms with Gasteiger partial charge in [0.25, 0.3) is 0 Å². The summed E-state index contributed by atoms with van der Waals surface area (Å²) in [7, 11) is 0. The van der Waals surface area contributed by atoms with Crippen molar-refractivity contribution in [1.29, 1.82) is 0 Å². The fourth-order valence-electron chi connectivity index (χ4n) is 2.63. The fraction of sp³-hybridized carbons (Fsp3) is 0.583. The van der Waals surface area contributed by atoms with E-state index >= 15 is 0 Å². The van der Waals surface area contributed by atoms with Gasteiger partial charge in [0.05, 0.1) is 0 Å². The van der Waals surface area contributed by atoms with Crippen LogP contribution in [0.1, 0.15) is 12.5 Å². The van der Waals surface area contributed by atoms with Crippen LogP contribution < -0.4 is 15.5 Å². The molecule has 0 radical (unpaired) electrons. The number of anilines is 2. The van der Waals surface area contributed by atoms with Gasteiger partial charge in [0.1, 0.15) is 5.82 Å². The van der Waals surface area contributed by atoms with Crippen LogP contribution in [-0.4, -0.2) is 37.2 Å². The molecule has 2 aliphatic heterocycles. The lowest BCUT2D eigenvalue weighted by molar-refractivity contribution is 0.484. The third kappa shape index (κ3) is 1.63. The number of nitrogens with zero attached hydrogens (tertiary/aromatic N) is 2. The number of fused-ring (bicyclic) bond motifs is 1. The van der Waals surface area contributed by atoms with Crippen molar-refractivity contribution in [2.75, 3.05) is 36.4 Å². The third-order valence-electron chi connectivity index (χ3n) is 3.41. The van der Waals surface area contributed by atoms with Crippen molar-refractivity contribution < 1.29 is 0 Å². The summed E-state index contributed by atoms with van der Waals surface area (Å²) in [6.07, 6.45) is 3.02. The van der Waals surface area contributed by atoms with Gasteiger partial charge in [-0.2, -0.15) is 0 Å². The second-order valence-electron chi connectivity index (χ2n) is 4.64. The summed E-state index contributed by atoms with van der Waals surface area (Å²) in [5.74, 6) is 1.09. The van der Waals surface area contributed by atoms with Gasteiger partial charge in [0.2, 0.25) is 0 Å². The van der Waals surface area contributed by atoms with E-state index in [1.54, 1.807) is 0 Å². The first-order valence-corrected chi connectivity index (χ1v) is 6.04. The highest BCUT2D eigenvalue weighted by atomic mass is 15.2. The number of piperazine rings is 1. The molecule has 2 N–H and O–H groups in total. The molecule has 2 aliphatic rings. The number of nitrogens with one attached hydrogen (secondary N) is 2. The summed E-state index contributed by atoms with van der Waals surface area (Å²) < 4.78 is 0. The van der Waals surface area contributed by atoms with Crippen LogP contribution in [0.25, 0.3) is 0 Å². The van der Waals surface area contributed by atoms with Gasteiger partial charge < -0.3 is 15.5 Å². The number of hydrogen-bond donors (Lipinski definition) is 2. The molecule has 16 heavy (non-hydrogen) atoms. The number of aromatic nitrogens is 1. The lowest BCUT2D eigenvalue weighted by Crippen LogP contribution is -2.49. The van der Waals surface area contributed by atoms with E-state index in [1.165, 1.54) is 11.3 Å². The molecule has 1 atom stereocenters. The Labute approximate surface area is 96.1 Å². The molecule has 3 rings (SSSR count). The average Bonchev–Trinajstić information content (AvgIpc) is 2.76. The highest BCUT2D eigenvalue weighted by Gasteiger charge is 2.22. The van der Waals surface area contributed by atoms with Crippen molar-refractivity contribution in [3.63, 3.8) is 0 Å². The smallest absolute Gasteiger partial charge is 0.131 e. The summed E-state index contributed by atoms with van der Waals surface area (Å²) >= 11 is 0. The van der Waals surface area contributed by atoms with Gasteiger partial charge in [-0.05, 0) is 19.4 Å². The van der Waals surface area contributed by atoms with E-state index in [-0.39, 0.29) is 0 Å². The molecule has 4 heteroatoms. The van der Waals surface area contributed by atoms with Crippen molar-refractivity contribution >= 4 is 11.5 Å². The molecule has 1 saturated heterocycles. The van der Waals surface area contributed by atoms with Gasteiger partial charge in [0, 0.05) is 49.7 Å². The fourth-order valence-corrected chi connectivity index (χ4v) is 2.63. The van der Waals surface area contributed by atoms with E-state index in [2.05, 4.69) is 33.5 Å². The van der Waals surface area contributed by atoms with Crippen molar-refractivity contribution in [2.45, 2.75) is 19.4 Å². The summed E-state index contributed by atoms with van der Waals surface area (Å²) in [5.41, 5.74) is 2.78. The van der Waals surface area contributed by atoms with Crippen LogP contribution in [0.4, 0.5) is 11.5 Å². The molecule has 0 aromatic carbocycles. The molecule has 0 bridgehead atoms. The molecule has 0 unspecified atom stereocenters. The van der Waals surface area contributed by atoms with Gasteiger partial charge in [0.15, 0.2) is 0 Å². The lowest BCUT2D eigenvalue weighted by atomic mass is 10.1. The van der Waals surface area contributed by atoms with Crippen molar-refractivity contribution in [2.24, 2.45) is 0 Å². The molecule has 1 fully saturated rings. The van der Waals surface area contributed by atoms with Crippen LogP contribution in [-0.2, 0) is 6.42 Å². The molecule has 0 amide bonds. The largest absolute Gasteiger partial charge is 0.369 e. The zero-order chi connectivity index (χ0) is 11.0. The van der Waals surface area contributed by atoms with Gasteiger partial charge in [-0.3, -0.25) is 0 Å². The molecule has 0 aliphatic carbocycles. The SMILES string of the molecule is C[C@H]1CN(c2ccnc3c2CCN3)CCN1. The van der Waals surface area contributed by atoms with Crippen LogP contribution in [0.3, 0.4) is 0 Å². The maximum Gasteiger partial charge on any atom is 0.131 e. The highest BCUT2D eigenvalue weighted by Crippen LogP contribution is 2.30. The van der Waals surface area contributed by atoms with E-state index in [0.717, 1.165) is 38.4 Å². The minimum absolute atomic E-state index is 0.576. The Balaban J connectivity index is 1.91. The molecule has 86 valence electrons. The minimum Gasteiger partial charge on any atom is -0.369 e. The lowest BCUT2D eigenvalue weighted by Gasteiger charge is -2.34. The normalized spacial score (nSPS) is 24.1. The first-order chi connectivity index (χ1) is 7.84. The van der Waals surface area contributed by atoms with Gasteiger partial charge in [-0.25, -0.2) is 4.98 Å². The molecule has 4 nitrogen and oxygen atoms in total. The molecule has 1 aromatic rings. The maximum atomic E-state index is 4.38. The zero-order valence-electron chi connectivity index (χ0n) is 9.66. The van der Waals surface area contributed by atoms with E-state index in [0.29, 0.717) is 6.04 Å². The molecule has 0 saturated carbocycles. The van der Waals surface area contributed by atoms with Crippen LogP contribution in [0.15, 0.2) is 12.3 Å². The van der Waals surface area contributed by atoms with Gasteiger partial charge in [-0.15, -0.1) is 0 Å². The summed E-state index contributed by atoms with van der Waals surface area (Å²) in [6.45, 7) is 6.54. The highest BCUT2D eigenvalue weighted by molar-refractivity contribution is 5.66. The molecule has 1 aromatic heterocycles. The first kappa shape index (κ1) is 9.90. The van der Waals surface area contributed by atoms with Crippen molar-refractivity contribution in [3.05, 3.63) is 17.8 Å². The molecular formula is C12H18N4. The predicted molar refractivity (Wildman–Crippen MR) is 66.1 cm³/mol. The Bertz CT molecular complexity index is 391. The summed E-state index contributed by atoms with van der Waals surface area (Å²) in [4.78, 5) is 6.86. The van der Waals surface area contributed by atoms with E-state index in [1.807, 2.05) is 6.20 Å². The monoisotopic (exact) mass is 218 g/mol. The first-order valence-electron chi connectivity index (χ1n) is 6.04. The van der Waals surface area contributed by atoms with Gasteiger partial charge in [-0.1, -0.05) is 0 Å². The number of hydrogen-bond acceptors (Lipinski definition) is 4. The Kier molecular flexibility index (Phi) is 2.44. The molecule has 0 spiro atoms. The van der Waals surface area contributed by atoms with Crippen LogP contribution in [0.5, 0.6) is 0 Å². The van der Waals surface area contributed by atoms with Crippen molar-refractivity contribution in [1.82, 2.24) is 10.3 Å². The van der Waals surface area contributed by atoms with Crippen LogP contribution in [0.2, 0.25) is 0 Å². The Morgan fingerprint density at radius 3 is 3.25 bits per heavy atom. The van der Waals surface area contributed by atoms with E-state index < -0.39 is 0 Å². The Morgan fingerprint density at radius 2 is 2.38 bits per heavy atom. The van der Waals surface area contributed by atoms with E-state index in [9.17, 15) is 0 Å². The minimum atomic E-state index is 0.576. The average molecular weight is 218 g/mol. The zero-order valence-corrected chi connectivity index (χ0v) is 9.66. The molecule has 3 heterocycles. The van der Waals surface area contributed by atoms with E-state index in [4.69, 9.17) is 0 Å². The predicted octanol–water partition coefficient (Wildman–Crippen LogP) is 0.848. The maximum absolute atomic E-state index is 4.38. The number of pyridine rings is 1. The van der Waals surface area contributed by atoms with Crippen LogP contribution in [0, 0.1) is 0 Å². The number of rotatable bonds is 1. The van der Waals surface area contributed by atoms with Gasteiger partial charge >= 0.3 is 0 Å². The quantitative estimate of drug-likeness (QED) is 0.733. The standard InChI is InChI=1S/C12H18N4/c1-9-8-16(7-6-13-9)11-3-5-15-12-10(11)2-4-14-12/h3,5,9,13H,2,4,6-8H2,1H3,(H,14,15)/t9-/m0/s1. The molecular weight excluding hydrogens is 200 g/mol. The third-order valence-corrected chi connectivity index (χ3v) is 3.41. The second-order valence-corrected chi connectivity index (χ2v) is 4.64. The van der Waals surface area contributed by atoms with Crippen LogP contribution >= 0.6 is 0 Å². The topological polar surface area (TPSA) is 40.2 Å². The summed E-state index contributed by atoms with van der Waals surface area (Å²) in [6, 6.07) is 2.73. The van der Waals surface area contributed by atoms with Crippen molar-refractivity contribution in [3.8, 4) is 0 Å². The Hall–Kier alpha value is -1.29. The summed E-state index contributed by atoms with van der Waals surface area (Å²) in [5, 5.41) is 6.81. The second kappa shape index (κ2) is 3.94.